The van der Waals surface area contributed by atoms with Crippen LogP contribution in [0.25, 0.3) is 0 Å². The van der Waals surface area contributed by atoms with Crippen LogP contribution in [-0.4, -0.2) is 61.4 Å². The first-order valence-electron chi connectivity index (χ1n) is 12.7. The van der Waals surface area contributed by atoms with E-state index in [4.69, 9.17) is 18.9 Å². The predicted molar refractivity (Wildman–Crippen MR) is 134 cm³/mol. The zero-order valence-electron chi connectivity index (χ0n) is 22.2. The van der Waals surface area contributed by atoms with E-state index in [0.29, 0.717) is 31.6 Å². The molecule has 1 N–H and O–H groups in total. The Morgan fingerprint density at radius 2 is 1.22 bits per heavy atom. The summed E-state index contributed by atoms with van der Waals surface area (Å²) >= 11 is 0. The minimum Gasteiger partial charge on any atom is -0.464 e. The fourth-order valence-electron chi connectivity index (χ4n) is 3.53. The maximum Gasteiger partial charge on any atom is 0.343 e. The van der Waals surface area contributed by atoms with E-state index in [0.717, 1.165) is 19.3 Å². The number of rotatable bonds is 17. The van der Waals surface area contributed by atoms with Crippen LogP contribution in [0.15, 0.2) is 30.3 Å². The molecule has 1 amide bonds. The first kappa shape index (κ1) is 31.1. The molecule has 0 aliphatic carbocycles. The van der Waals surface area contributed by atoms with Gasteiger partial charge in [-0.15, -0.1) is 0 Å². The van der Waals surface area contributed by atoms with Crippen LogP contribution in [0, 0.1) is 0 Å². The molecular weight excluding hydrogens is 466 g/mol. The van der Waals surface area contributed by atoms with Gasteiger partial charge in [0.15, 0.2) is 5.60 Å². The highest BCUT2D eigenvalue weighted by Gasteiger charge is 2.50. The zero-order valence-corrected chi connectivity index (χ0v) is 22.2. The minimum atomic E-state index is -1.92. The number of benzene rings is 1. The van der Waals surface area contributed by atoms with Gasteiger partial charge in [-0.2, -0.15) is 0 Å². The van der Waals surface area contributed by atoms with Crippen molar-refractivity contribution in [2.45, 2.75) is 84.3 Å². The Kier molecular flexibility index (Phi) is 13.8. The SMILES string of the molecule is CCOC(=O)C(C)(C)OCCCCCCCC(NC(=O)c1ccccc1)(C(=O)OCC)C(=O)OCC. The summed E-state index contributed by atoms with van der Waals surface area (Å²) in [5, 5.41) is 2.61. The van der Waals surface area contributed by atoms with Crippen molar-refractivity contribution in [1.82, 2.24) is 5.32 Å². The molecular formula is C27H41NO8. The molecule has 1 aromatic carbocycles. The number of unbranched alkanes of at least 4 members (excludes halogenated alkanes) is 4. The summed E-state index contributed by atoms with van der Waals surface area (Å²) in [7, 11) is 0. The Labute approximate surface area is 214 Å². The molecule has 0 heterocycles. The van der Waals surface area contributed by atoms with Crippen molar-refractivity contribution in [1.29, 1.82) is 0 Å². The summed E-state index contributed by atoms with van der Waals surface area (Å²) in [6, 6.07) is 8.36. The summed E-state index contributed by atoms with van der Waals surface area (Å²) in [5.41, 5.74) is -2.60. The Morgan fingerprint density at radius 1 is 0.722 bits per heavy atom. The van der Waals surface area contributed by atoms with Gasteiger partial charge in [0.05, 0.1) is 19.8 Å². The fraction of sp³-hybridized carbons (Fsp3) is 0.630. The minimum absolute atomic E-state index is 0.0512. The normalized spacial score (nSPS) is 11.5. The third kappa shape index (κ3) is 9.60. The summed E-state index contributed by atoms with van der Waals surface area (Å²) in [6.07, 6.45) is 3.65. The van der Waals surface area contributed by atoms with Gasteiger partial charge < -0.3 is 24.3 Å². The average molecular weight is 508 g/mol. The van der Waals surface area contributed by atoms with E-state index in [-0.39, 0.29) is 19.6 Å². The van der Waals surface area contributed by atoms with Gasteiger partial charge in [0.25, 0.3) is 5.91 Å². The molecule has 0 spiro atoms. The molecule has 202 valence electrons. The van der Waals surface area contributed by atoms with Gasteiger partial charge in [0.2, 0.25) is 5.54 Å². The molecule has 0 aliphatic heterocycles. The highest BCUT2D eigenvalue weighted by Crippen LogP contribution is 2.22. The summed E-state index contributed by atoms with van der Waals surface area (Å²) in [5.74, 6) is -2.61. The Morgan fingerprint density at radius 3 is 1.78 bits per heavy atom. The maximum absolute atomic E-state index is 13.0. The summed E-state index contributed by atoms with van der Waals surface area (Å²) in [6.45, 7) is 9.21. The number of esters is 3. The molecule has 1 aromatic rings. The standard InChI is InChI=1S/C27H41NO8/c1-6-33-23(30)26(4,5)36-20-16-11-9-10-15-19-27(24(31)34-7-2,25(32)35-8-3)28-22(29)21-17-13-12-14-18-21/h12-14,17-18H,6-11,15-16,19-20H2,1-5H3,(H,28,29). The van der Waals surface area contributed by atoms with E-state index in [1.807, 2.05) is 0 Å². The summed E-state index contributed by atoms with van der Waals surface area (Å²) < 4.78 is 21.0. The Hall–Kier alpha value is -2.94. The first-order valence-corrected chi connectivity index (χ1v) is 12.7. The fourth-order valence-corrected chi connectivity index (χ4v) is 3.53. The second-order valence-corrected chi connectivity index (χ2v) is 8.76. The van der Waals surface area contributed by atoms with Gasteiger partial charge in [0, 0.05) is 12.2 Å². The molecule has 0 saturated heterocycles. The third-order valence-electron chi connectivity index (χ3n) is 5.54. The van der Waals surface area contributed by atoms with E-state index >= 15 is 0 Å². The molecule has 36 heavy (non-hydrogen) atoms. The number of amides is 1. The Bertz CT molecular complexity index is 819. The van der Waals surface area contributed by atoms with Crippen LogP contribution in [0.4, 0.5) is 0 Å². The number of hydrogen-bond donors (Lipinski definition) is 1. The molecule has 0 bridgehead atoms. The van der Waals surface area contributed by atoms with Crippen LogP contribution < -0.4 is 5.32 Å². The van der Waals surface area contributed by atoms with Gasteiger partial charge in [-0.05, 0) is 66.0 Å². The number of nitrogens with one attached hydrogen (secondary N) is 1. The summed E-state index contributed by atoms with van der Waals surface area (Å²) in [4.78, 5) is 50.7. The molecule has 0 aromatic heterocycles. The van der Waals surface area contributed by atoms with Crippen LogP contribution in [0.1, 0.15) is 83.5 Å². The van der Waals surface area contributed by atoms with E-state index in [1.165, 1.54) is 0 Å². The van der Waals surface area contributed by atoms with Crippen molar-refractivity contribution in [2.75, 3.05) is 26.4 Å². The second kappa shape index (κ2) is 15.9. The van der Waals surface area contributed by atoms with E-state index < -0.39 is 35.0 Å². The van der Waals surface area contributed by atoms with Gasteiger partial charge >= 0.3 is 17.9 Å². The van der Waals surface area contributed by atoms with Gasteiger partial charge in [0.1, 0.15) is 0 Å². The first-order chi connectivity index (χ1) is 17.1. The average Bonchev–Trinajstić information content (AvgIpc) is 2.85. The van der Waals surface area contributed by atoms with Crippen molar-refractivity contribution in [3.05, 3.63) is 35.9 Å². The number of carbonyl (C=O) groups is 4. The maximum atomic E-state index is 13.0. The Balaban J connectivity index is 2.73. The van der Waals surface area contributed by atoms with Crippen LogP contribution >= 0.6 is 0 Å². The third-order valence-corrected chi connectivity index (χ3v) is 5.54. The molecule has 0 saturated carbocycles. The molecule has 9 nitrogen and oxygen atoms in total. The molecule has 0 unspecified atom stereocenters. The lowest BCUT2D eigenvalue weighted by Crippen LogP contribution is -2.61. The molecule has 0 atom stereocenters. The van der Waals surface area contributed by atoms with Crippen molar-refractivity contribution in [2.24, 2.45) is 0 Å². The van der Waals surface area contributed by atoms with Crippen molar-refractivity contribution >= 4 is 23.8 Å². The van der Waals surface area contributed by atoms with Crippen molar-refractivity contribution in [3.8, 4) is 0 Å². The molecule has 9 heteroatoms. The number of ether oxygens (including phenoxy) is 4. The monoisotopic (exact) mass is 507 g/mol. The van der Waals surface area contributed by atoms with Gasteiger partial charge in [-0.1, -0.05) is 37.5 Å². The molecule has 0 fully saturated rings. The van der Waals surface area contributed by atoms with E-state index in [9.17, 15) is 19.2 Å². The van der Waals surface area contributed by atoms with E-state index in [2.05, 4.69) is 5.32 Å². The van der Waals surface area contributed by atoms with Gasteiger partial charge in [-0.3, -0.25) is 4.79 Å². The zero-order chi connectivity index (χ0) is 27.0. The lowest BCUT2D eigenvalue weighted by molar-refractivity contribution is -0.168. The quantitative estimate of drug-likeness (QED) is 0.146. The predicted octanol–water partition coefficient (Wildman–Crippen LogP) is 3.98. The van der Waals surface area contributed by atoms with Crippen molar-refractivity contribution < 1.29 is 38.1 Å². The molecule has 0 radical (unpaired) electrons. The van der Waals surface area contributed by atoms with Gasteiger partial charge in [-0.25, -0.2) is 14.4 Å². The molecule has 1 rings (SSSR count). The highest BCUT2D eigenvalue weighted by atomic mass is 16.6. The topological polar surface area (TPSA) is 117 Å². The lowest BCUT2D eigenvalue weighted by atomic mass is 9.91. The second-order valence-electron chi connectivity index (χ2n) is 8.76. The van der Waals surface area contributed by atoms with E-state index in [1.54, 1.807) is 65.0 Å². The van der Waals surface area contributed by atoms with Crippen LogP contribution in [-0.2, 0) is 33.3 Å². The largest absolute Gasteiger partial charge is 0.464 e. The number of hydrogen-bond acceptors (Lipinski definition) is 8. The molecule has 0 aliphatic rings. The van der Waals surface area contributed by atoms with Crippen molar-refractivity contribution in [3.63, 3.8) is 0 Å². The number of carbonyl (C=O) groups excluding carboxylic acids is 4. The van der Waals surface area contributed by atoms with Crippen LogP contribution in [0.5, 0.6) is 0 Å². The van der Waals surface area contributed by atoms with Crippen LogP contribution in [0.2, 0.25) is 0 Å². The smallest absolute Gasteiger partial charge is 0.343 e. The van der Waals surface area contributed by atoms with Crippen LogP contribution in [0.3, 0.4) is 0 Å². The highest BCUT2D eigenvalue weighted by molar-refractivity contribution is 6.10. The lowest BCUT2D eigenvalue weighted by Gasteiger charge is -2.30.